The second kappa shape index (κ2) is 18.4. The Hall–Kier alpha value is -8.06. The SMILES string of the molecule is Cc1cc(C)cc(-c2cc(-c3cc(C)cc(C(F)(F)F)c3)cc(-c3ccc4c(c3)c3cc(-c5cc(-c6cc(C)cc(C(F)(F)F)c6)cc(-c6cc(C(F)(F)F)cc(C(F)(F)F)c6)c5)ccc3n4-c3ccccc3)c2)c1. The fourth-order valence-corrected chi connectivity index (χ4v) is 9.98. The van der Waals surface area contributed by atoms with Gasteiger partial charge in [0, 0.05) is 16.5 Å². The summed E-state index contributed by atoms with van der Waals surface area (Å²) in [6, 6.07) is 44.9. The van der Waals surface area contributed by atoms with Gasteiger partial charge in [0.05, 0.1) is 33.3 Å². The van der Waals surface area contributed by atoms with E-state index in [1.807, 2.05) is 115 Å². The third-order valence-electron chi connectivity index (χ3n) is 13.3. The summed E-state index contributed by atoms with van der Waals surface area (Å²) in [7, 11) is 0. The molecule has 10 rings (SSSR count). The summed E-state index contributed by atoms with van der Waals surface area (Å²) in [6.07, 6.45) is -19.7. The van der Waals surface area contributed by atoms with Crippen LogP contribution >= 0.6 is 0 Å². The van der Waals surface area contributed by atoms with Crippen LogP contribution in [0.15, 0.2) is 176 Å². The lowest BCUT2D eigenvalue weighted by molar-refractivity contribution is -0.143. The molecule has 0 aliphatic rings. The van der Waals surface area contributed by atoms with E-state index < -0.39 is 52.5 Å². The van der Waals surface area contributed by atoms with Crippen molar-refractivity contribution in [3.05, 3.63) is 220 Å². The van der Waals surface area contributed by atoms with E-state index in [1.54, 1.807) is 25.1 Å². The molecule has 0 aliphatic heterocycles. The van der Waals surface area contributed by atoms with Gasteiger partial charge < -0.3 is 4.57 Å². The average Bonchev–Trinajstić information content (AvgIpc) is 3.67. The van der Waals surface area contributed by atoms with Crippen LogP contribution in [0.3, 0.4) is 0 Å². The van der Waals surface area contributed by atoms with Crippen molar-refractivity contribution in [3.63, 3.8) is 0 Å². The van der Waals surface area contributed by atoms with Crippen LogP contribution in [0.25, 0.3) is 94.3 Å². The summed E-state index contributed by atoms with van der Waals surface area (Å²) >= 11 is 0. The maximum atomic E-state index is 14.3. The zero-order valence-electron chi connectivity index (χ0n) is 40.2. The zero-order valence-corrected chi connectivity index (χ0v) is 40.2. The lowest BCUT2D eigenvalue weighted by Gasteiger charge is -2.17. The molecule has 0 spiro atoms. The number of para-hydroxylation sites is 1. The molecule has 0 unspecified atom stereocenters. The van der Waals surface area contributed by atoms with Crippen molar-refractivity contribution in [2.75, 3.05) is 0 Å². The van der Waals surface area contributed by atoms with Crippen molar-refractivity contribution in [3.8, 4) is 72.4 Å². The van der Waals surface area contributed by atoms with E-state index >= 15 is 0 Å². The summed E-state index contributed by atoms with van der Waals surface area (Å²) in [4.78, 5) is 0. The molecule has 1 nitrogen and oxygen atoms in total. The van der Waals surface area contributed by atoms with Crippen LogP contribution in [0.5, 0.6) is 0 Å². The monoisotopic (exact) mass is 1030 g/mol. The van der Waals surface area contributed by atoms with Gasteiger partial charge in [-0.2, -0.15) is 52.7 Å². The second-order valence-electron chi connectivity index (χ2n) is 19.1. The maximum absolute atomic E-state index is 14.3. The Morgan fingerprint density at radius 2 is 0.533 bits per heavy atom. The summed E-state index contributed by atoms with van der Waals surface area (Å²) in [5.74, 6) is 0. The normalized spacial score (nSPS) is 12.5. The number of hydrogen-bond acceptors (Lipinski definition) is 0. The Morgan fingerprint density at radius 3 is 0.880 bits per heavy atom. The van der Waals surface area contributed by atoms with Crippen LogP contribution in [-0.4, -0.2) is 4.57 Å². The molecule has 9 aromatic carbocycles. The van der Waals surface area contributed by atoms with Gasteiger partial charge in [0.15, 0.2) is 0 Å². The van der Waals surface area contributed by atoms with Gasteiger partial charge >= 0.3 is 24.7 Å². The van der Waals surface area contributed by atoms with E-state index in [0.29, 0.717) is 61.8 Å². The summed E-state index contributed by atoms with van der Waals surface area (Å²) in [6.45, 7) is 6.97. The van der Waals surface area contributed by atoms with E-state index in [1.165, 1.54) is 25.1 Å². The van der Waals surface area contributed by atoms with Crippen LogP contribution in [0.4, 0.5) is 52.7 Å². The first-order valence-corrected chi connectivity index (χ1v) is 23.5. The highest BCUT2D eigenvalue weighted by atomic mass is 19.4. The molecule has 0 N–H and O–H groups in total. The minimum absolute atomic E-state index is 0.0159. The molecular weight excluding hydrogens is 987 g/mol. The number of fused-ring (bicyclic) bond motifs is 3. The van der Waals surface area contributed by atoms with Gasteiger partial charge in [0.2, 0.25) is 0 Å². The predicted octanol–water partition coefficient (Wildman–Crippen LogP) is 20.1. The fraction of sp³-hybridized carbons (Fsp3) is 0.129. The molecule has 13 heteroatoms. The van der Waals surface area contributed by atoms with Crippen molar-refractivity contribution in [1.82, 2.24) is 4.57 Å². The fourth-order valence-electron chi connectivity index (χ4n) is 9.98. The highest BCUT2D eigenvalue weighted by Gasteiger charge is 2.37. The van der Waals surface area contributed by atoms with Gasteiger partial charge in [-0.3, -0.25) is 0 Å². The van der Waals surface area contributed by atoms with E-state index in [9.17, 15) is 52.7 Å². The molecule has 10 aromatic rings. The van der Waals surface area contributed by atoms with Crippen LogP contribution in [0.2, 0.25) is 0 Å². The van der Waals surface area contributed by atoms with Gasteiger partial charge in [0.1, 0.15) is 0 Å². The summed E-state index contributed by atoms with van der Waals surface area (Å²) < 4.78 is 173. The molecule has 0 saturated carbocycles. The number of alkyl halides is 12. The first-order valence-electron chi connectivity index (χ1n) is 23.5. The third-order valence-corrected chi connectivity index (χ3v) is 13.3. The van der Waals surface area contributed by atoms with Crippen molar-refractivity contribution >= 4 is 21.8 Å². The predicted molar refractivity (Wildman–Crippen MR) is 272 cm³/mol. The van der Waals surface area contributed by atoms with E-state index in [4.69, 9.17) is 0 Å². The molecule has 75 heavy (non-hydrogen) atoms. The first-order chi connectivity index (χ1) is 35.2. The number of halogens is 12. The minimum Gasteiger partial charge on any atom is -0.309 e. The Morgan fingerprint density at radius 1 is 0.253 bits per heavy atom. The van der Waals surface area contributed by atoms with Crippen molar-refractivity contribution in [1.29, 1.82) is 0 Å². The maximum Gasteiger partial charge on any atom is 0.416 e. The van der Waals surface area contributed by atoms with E-state index in [-0.39, 0.29) is 33.9 Å². The number of hydrogen-bond donors (Lipinski definition) is 0. The number of aromatic nitrogens is 1. The number of nitrogens with zero attached hydrogens (tertiary/aromatic N) is 1. The van der Waals surface area contributed by atoms with Crippen molar-refractivity contribution in [2.45, 2.75) is 52.4 Å². The molecule has 0 amide bonds. The van der Waals surface area contributed by atoms with Gasteiger partial charge in [-0.05, 0) is 221 Å². The molecule has 1 heterocycles. The van der Waals surface area contributed by atoms with Crippen LogP contribution in [-0.2, 0) is 24.7 Å². The minimum atomic E-state index is -5.18. The van der Waals surface area contributed by atoms with Gasteiger partial charge in [0.25, 0.3) is 0 Å². The Balaban J connectivity index is 1.22. The van der Waals surface area contributed by atoms with Gasteiger partial charge in [-0.25, -0.2) is 0 Å². The highest BCUT2D eigenvalue weighted by molar-refractivity contribution is 6.12. The lowest BCUT2D eigenvalue weighted by Crippen LogP contribution is -2.11. The molecule has 0 bridgehead atoms. The Labute approximate surface area is 423 Å². The third kappa shape index (κ3) is 10.3. The van der Waals surface area contributed by atoms with Crippen LogP contribution < -0.4 is 0 Å². The van der Waals surface area contributed by atoms with Crippen molar-refractivity contribution < 1.29 is 52.7 Å². The standard InChI is InChI=1S/C62H41F12N/c1-34-14-35(2)16-40(15-34)45-21-43(22-46(25-45)41-17-36(3)19-50(27-41)59(63,64)65)38-10-12-57-55(31-38)56-32-39(11-13-58(56)75(57)54-8-6-5-7-9-54)44-23-47(42-18-37(4)20-51(28-42)60(66,67)68)26-48(24-44)49-29-52(61(69,70)71)33-53(30-49)62(72,73)74/h5-33H,1-4H3. The van der Waals surface area contributed by atoms with Gasteiger partial charge in [-0.15, -0.1) is 0 Å². The molecule has 378 valence electrons. The van der Waals surface area contributed by atoms with Crippen molar-refractivity contribution in [2.24, 2.45) is 0 Å². The molecule has 0 fully saturated rings. The lowest BCUT2D eigenvalue weighted by atomic mass is 9.90. The van der Waals surface area contributed by atoms with E-state index in [0.717, 1.165) is 57.7 Å². The van der Waals surface area contributed by atoms with Crippen LogP contribution in [0.1, 0.15) is 44.5 Å². The largest absolute Gasteiger partial charge is 0.416 e. The second-order valence-corrected chi connectivity index (χ2v) is 19.1. The quantitative estimate of drug-likeness (QED) is 0.140. The molecule has 0 atom stereocenters. The topological polar surface area (TPSA) is 4.93 Å². The number of rotatable bonds is 7. The average molecular weight is 1030 g/mol. The molecule has 0 radical (unpaired) electrons. The molecule has 0 aliphatic carbocycles. The molecule has 0 saturated heterocycles. The number of aryl methyl sites for hydroxylation is 4. The highest BCUT2D eigenvalue weighted by Crippen LogP contribution is 2.45. The summed E-state index contributed by atoms with van der Waals surface area (Å²) in [5, 5.41) is 1.37. The zero-order chi connectivity index (χ0) is 53.5. The smallest absolute Gasteiger partial charge is 0.309 e. The first kappa shape index (κ1) is 50.5. The van der Waals surface area contributed by atoms with Crippen LogP contribution in [0, 0.1) is 27.7 Å². The van der Waals surface area contributed by atoms with E-state index in [2.05, 4.69) is 0 Å². The molecular formula is C62H41F12N. The number of benzene rings is 9. The molecule has 1 aromatic heterocycles. The Kier molecular flexibility index (Phi) is 12.4. The Bertz CT molecular complexity index is 3820. The van der Waals surface area contributed by atoms with Gasteiger partial charge in [-0.1, -0.05) is 71.8 Å². The summed E-state index contributed by atoms with van der Waals surface area (Å²) in [5.41, 5.74) is 4.13.